The molecule has 4 nitrogen and oxygen atoms in total. The fraction of sp³-hybridized carbons (Fsp3) is 0.929. The van der Waals surface area contributed by atoms with E-state index in [4.69, 9.17) is 13.3 Å². The number of hydrogen-bond donors (Lipinski definition) is 0. The molecule has 6 heteroatoms. The molecule has 0 saturated carbocycles. The molecular weight excluding hydrogens is 290 g/mol. The van der Waals surface area contributed by atoms with Gasteiger partial charge in [-0.1, -0.05) is 39.5 Å². The minimum Gasteiger partial charge on any atom is -0.372 e. The molecule has 0 aliphatic carbocycles. The summed E-state index contributed by atoms with van der Waals surface area (Å²) in [7, 11) is 0.613. The summed E-state index contributed by atoms with van der Waals surface area (Å²) in [4.78, 5) is 4.51. The second-order valence-corrected chi connectivity index (χ2v) is 9.08. The predicted molar refractivity (Wildman–Crippen MR) is 88.5 cm³/mol. The highest BCUT2D eigenvalue weighted by molar-refractivity contribution is 8.18. The fourth-order valence-electron chi connectivity index (χ4n) is 2.29. The lowest BCUT2D eigenvalue weighted by Gasteiger charge is -2.30. The first-order chi connectivity index (χ1) is 9.72. The molecule has 0 N–H and O–H groups in total. The molecule has 118 valence electrons. The monoisotopic (exact) mass is 319 g/mol. The second kappa shape index (κ2) is 9.95. The van der Waals surface area contributed by atoms with Crippen molar-refractivity contribution in [1.29, 1.82) is 0 Å². The van der Waals surface area contributed by atoms with Crippen molar-refractivity contribution < 1.29 is 13.3 Å². The number of hydrogen-bond acceptors (Lipinski definition) is 5. The van der Waals surface area contributed by atoms with Gasteiger partial charge in [-0.3, -0.25) is 4.99 Å². The summed E-state index contributed by atoms with van der Waals surface area (Å²) in [5.41, 5.74) is 0. The van der Waals surface area contributed by atoms with Crippen molar-refractivity contribution in [2.45, 2.75) is 58.5 Å². The summed E-state index contributed by atoms with van der Waals surface area (Å²) in [5, 5.41) is 0. The van der Waals surface area contributed by atoms with E-state index in [2.05, 4.69) is 18.8 Å². The summed E-state index contributed by atoms with van der Waals surface area (Å²) in [6.45, 7) is 5.24. The summed E-state index contributed by atoms with van der Waals surface area (Å²) in [6, 6.07) is 0. The van der Waals surface area contributed by atoms with Crippen molar-refractivity contribution in [3.8, 4) is 0 Å². The minimum absolute atomic E-state index is 0.210. The van der Waals surface area contributed by atoms with Gasteiger partial charge in [0.2, 0.25) is 0 Å². The molecule has 0 bridgehead atoms. The maximum atomic E-state index is 6.29. The van der Waals surface area contributed by atoms with Gasteiger partial charge in [0.1, 0.15) is 4.67 Å². The largest absolute Gasteiger partial charge is 0.562 e. The summed E-state index contributed by atoms with van der Waals surface area (Å²) in [6.07, 6.45) is 7.34. The molecular formula is C14H29NO3SSi. The van der Waals surface area contributed by atoms with Gasteiger partial charge in [0, 0.05) is 32.6 Å². The Balaban J connectivity index is 2.57. The molecule has 0 spiro atoms. The lowest BCUT2D eigenvalue weighted by atomic mass is 10.1. The molecule has 1 rings (SSSR count). The van der Waals surface area contributed by atoms with E-state index in [1.54, 1.807) is 26.0 Å². The third kappa shape index (κ3) is 5.15. The van der Waals surface area contributed by atoms with Crippen molar-refractivity contribution in [3.05, 3.63) is 0 Å². The molecule has 1 aliphatic heterocycles. The number of thioether (sulfide) groups is 1. The Morgan fingerprint density at radius 3 is 2.45 bits per heavy atom. The van der Waals surface area contributed by atoms with Crippen LogP contribution in [0, 0.1) is 0 Å². The van der Waals surface area contributed by atoms with E-state index in [1.165, 1.54) is 25.7 Å². The van der Waals surface area contributed by atoms with E-state index in [0.29, 0.717) is 0 Å². The van der Waals surface area contributed by atoms with E-state index in [1.807, 2.05) is 0 Å². The molecule has 1 heterocycles. The van der Waals surface area contributed by atoms with Crippen molar-refractivity contribution in [1.82, 2.24) is 0 Å². The Bertz CT molecular complexity index is 298. The molecule has 1 aliphatic rings. The van der Waals surface area contributed by atoms with Gasteiger partial charge >= 0.3 is 8.80 Å². The maximum absolute atomic E-state index is 6.29. The predicted octanol–water partition coefficient (Wildman–Crippen LogP) is 3.67. The normalized spacial score (nSPS) is 17.3. The Hall–Kier alpha value is 0.117. The molecule has 1 unspecified atom stereocenters. The van der Waals surface area contributed by atoms with Gasteiger partial charge in [-0.25, -0.2) is 0 Å². The van der Waals surface area contributed by atoms with Crippen LogP contribution in [0.4, 0.5) is 0 Å². The van der Waals surface area contributed by atoms with Crippen LogP contribution in [-0.2, 0) is 13.3 Å². The van der Waals surface area contributed by atoms with Crippen LogP contribution in [-0.4, -0.2) is 46.1 Å². The van der Waals surface area contributed by atoms with Gasteiger partial charge in [0.25, 0.3) is 0 Å². The van der Waals surface area contributed by atoms with Crippen molar-refractivity contribution >= 4 is 25.2 Å². The highest BCUT2D eigenvalue weighted by Gasteiger charge is 2.49. The molecule has 0 aromatic rings. The number of rotatable bonds is 11. The molecule has 0 saturated heterocycles. The standard InChI is InChI=1S/C14H29NO3SSi/c1-5-7-8-9-10-13(6-2)18-20(16-3,17-4)14-15-11-12-19-14/h13H,5-12H2,1-4H3. The number of unbranched alkanes of at least 4 members (excludes halogenated alkanes) is 3. The van der Waals surface area contributed by atoms with Crippen molar-refractivity contribution in [2.75, 3.05) is 26.5 Å². The SMILES string of the molecule is CCCCCCC(CC)O[Si](OC)(OC)C1=NCCS1. The Morgan fingerprint density at radius 2 is 1.95 bits per heavy atom. The smallest absolute Gasteiger partial charge is 0.372 e. The Kier molecular flexibility index (Phi) is 9.03. The van der Waals surface area contributed by atoms with Gasteiger partial charge in [-0.15, -0.1) is 11.8 Å². The zero-order valence-electron chi connectivity index (χ0n) is 13.3. The summed E-state index contributed by atoms with van der Waals surface area (Å²) in [5.74, 6) is 1.01. The van der Waals surface area contributed by atoms with E-state index in [-0.39, 0.29) is 6.10 Å². The van der Waals surface area contributed by atoms with Crippen LogP contribution in [0.15, 0.2) is 4.99 Å². The van der Waals surface area contributed by atoms with Crippen LogP contribution in [0.2, 0.25) is 0 Å². The molecule has 0 amide bonds. The molecule has 0 aromatic heterocycles. The topological polar surface area (TPSA) is 40.0 Å². The van der Waals surface area contributed by atoms with E-state index < -0.39 is 8.80 Å². The van der Waals surface area contributed by atoms with Crippen LogP contribution in [0.1, 0.15) is 52.4 Å². The summed E-state index contributed by atoms with van der Waals surface area (Å²) >= 11 is 1.72. The third-order valence-corrected chi connectivity index (χ3v) is 7.91. The Labute approximate surface area is 129 Å². The first kappa shape index (κ1) is 18.2. The number of aliphatic imine (C=N–C) groups is 1. The van der Waals surface area contributed by atoms with Crippen LogP contribution in [0.3, 0.4) is 0 Å². The zero-order valence-corrected chi connectivity index (χ0v) is 15.1. The summed E-state index contributed by atoms with van der Waals surface area (Å²) < 4.78 is 18.6. The maximum Gasteiger partial charge on any atom is 0.562 e. The van der Waals surface area contributed by atoms with Crippen LogP contribution in [0.5, 0.6) is 0 Å². The van der Waals surface area contributed by atoms with Crippen molar-refractivity contribution in [2.24, 2.45) is 4.99 Å². The highest BCUT2D eigenvalue weighted by Crippen LogP contribution is 2.26. The lowest BCUT2D eigenvalue weighted by Crippen LogP contribution is -2.52. The average Bonchev–Trinajstić information content (AvgIpc) is 3.02. The first-order valence-electron chi connectivity index (χ1n) is 7.68. The van der Waals surface area contributed by atoms with Gasteiger partial charge in [0.15, 0.2) is 0 Å². The fourth-order valence-corrected chi connectivity index (χ4v) is 6.34. The van der Waals surface area contributed by atoms with Gasteiger partial charge < -0.3 is 13.3 Å². The highest BCUT2D eigenvalue weighted by atomic mass is 32.2. The lowest BCUT2D eigenvalue weighted by molar-refractivity contribution is 0.0644. The minimum atomic E-state index is -2.75. The van der Waals surface area contributed by atoms with E-state index in [0.717, 1.165) is 29.8 Å². The Morgan fingerprint density at radius 1 is 1.20 bits per heavy atom. The van der Waals surface area contributed by atoms with E-state index >= 15 is 0 Å². The average molecular weight is 320 g/mol. The molecule has 0 aromatic carbocycles. The van der Waals surface area contributed by atoms with Crippen LogP contribution < -0.4 is 0 Å². The van der Waals surface area contributed by atoms with Gasteiger partial charge in [0.05, 0.1) is 0 Å². The number of nitrogens with zero attached hydrogens (tertiary/aromatic N) is 1. The molecule has 1 atom stereocenters. The van der Waals surface area contributed by atoms with Gasteiger partial charge in [-0.2, -0.15) is 0 Å². The zero-order chi connectivity index (χ0) is 14.8. The first-order valence-corrected chi connectivity index (χ1v) is 10.4. The van der Waals surface area contributed by atoms with Crippen LogP contribution >= 0.6 is 11.8 Å². The third-order valence-electron chi connectivity index (χ3n) is 3.54. The van der Waals surface area contributed by atoms with Crippen LogP contribution in [0.25, 0.3) is 0 Å². The molecule has 20 heavy (non-hydrogen) atoms. The van der Waals surface area contributed by atoms with Crippen molar-refractivity contribution in [3.63, 3.8) is 0 Å². The molecule has 0 radical (unpaired) electrons. The second-order valence-electron chi connectivity index (χ2n) is 5.00. The van der Waals surface area contributed by atoms with Gasteiger partial charge in [-0.05, 0) is 12.8 Å². The quantitative estimate of drug-likeness (QED) is 0.430. The molecule has 0 fully saturated rings. The van der Waals surface area contributed by atoms with E-state index in [9.17, 15) is 0 Å².